The summed E-state index contributed by atoms with van der Waals surface area (Å²) in [6.07, 6.45) is 0. The molecule has 0 atom stereocenters. The van der Waals surface area contributed by atoms with Crippen LogP contribution in [0.1, 0.15) is 20.7 Å². The molecule has 0 aliphatic carbocycles. The Kier molecular flexibility index (Phi) is 5.32. The highest BCUT2D eigenvalue weighted by molar-refractivity contribution is 6.10. The molecule has 0 spiro atoms. The third-order valence-electron chi connectivity index (χ3n) is 5.37. The molecule has 0 fully saturated rings. The van der Waals surface area contributed by atoms with Crippen LogP contribution >= 0.6 is 0 Å². The van der Waals surface area contributed by atoms with Crippen molar-refractivity contribution in [1.82, 2.24) is 4.98 Å². The molecule has 0 radical (unpaired) electrons. The first kappa shape index (κ1) is 20.5. The number of benzene rings is 4. The molecule has 5 aromatic rings. The standard InChI is InChI=1S/C27H19NO5/c1-31-19-10-4-9-18(15-19)23(29)16-32-27(30)21-12-6-8-17-7-5-11-20(25(17)21)26-28-22-13-2-3-14-24(22)33-26/h2-15H,16H2,1H3. The molecule has 0 amide bonds. The van der Waals surface area contributed by atoms with Crippen molar-refractivity contribution in [2.45, 2.75) is 0 Å². The number of esters is 1. The number of Topliss-reactive ketones (excluding diaryl/α,β-unsaturated/α-hetero) is 1. The summed E-state index contributed by atoms with van der Waals surface area (Å²) in [5.41, 5.74) is 2.81. The average Bonchev–Trinajstić information content (AvgIpc) is 3.30. The van der Waals surface area contributed by atoms with Crippen LogP contribution in [-0.2, 0) is 4.74 Å². The van der Waals surface area contributed by atoms with Gasteiger partial charge in [0.15, 0.2) is 18.0 Å². The van der Waals surface area contributed by atoms with Gasteiger partial charge in [-0.15, -0.1) is 0 Å². The highest BCUT2D eigenvalue weighted by Gasteiger charge is 2.19. The molecule has 0 saturated carbocycles. The lowest BCUT2D eigenvalue weighted by Gasteiger charge is -2.10. The number of hydrogen-bond acceptors (Lipinski definition) is 6. The van der Waals surface area contributed by atoms with Gasteiger partial charge in [0.2, 0.25) is 5.89 Å². The van der Waals surface area contributed by atoms with Crippen LogP contribution in [0.4, 0.5) is 0 Å². The molecular weight excluding hydrogens is 418 g/mol. The minimum Gasteiger partial charge on any atom is -0.497 e. The molecule has 1 aromatic heterocycles. The first-order valence-electron chi connectivity index (χ1n) is 10.4. The molecule has 6 heteroatoms. The summed E-state index contributed by atoms with van der Waals surface area (Å²) < 4.78 is 16.5. The minimum absolute atomic E-state index is 0.318. The van der Waals surface area contributed by atoms with Crippen LogP contribution in [0.15, 0.2) is 89.3 Å². The van der Waals surface area contributed by atoms with E-state index in [1.54, 1.807) is 36.4 Å². The first-order valence-corrected chi connectivity index (χ1v) is 10.4. The lowest BCUT2D eigenvalue weighted by molar-refractivity contribution is 0.0476. The maximum atomic E-state index is 13.0. The van der Waals surface area contributed by atoms with Gasteiger partial charge in [-0.2, -0.15) is 0 Å². The van der Waals surface area contributed by atoms with E-state index in [-0.39, 0.29) is 12.4 Å². The van der Waals surface area contributed by atoms with Crippen molar-refractivity contribution >= 4 is 33.6 Å². The Morgan fingerprint density at radius 1 is 0.909 bits per heavy atom. The maximum absolute atomic E-state index is 13.0. The van der Waals surface area contributed by atoms with Gasteiger partial charge in [0.05, 0.1) is 12.7 Å². The van der Waals surface area contributed by atoms with E-state index in [1.165, 1.54) is 7.11 Å². The second kappa shape index (κ2) is 8.59. The average molecular weight is 437 g/mol. The summed E-state index contributed by atoms with van der Waals surface area (Å²) in [4.78, 5) is 30.1. The molecule has 0 aliphatic rings. The molecular formula is C27H19NO5. The number of ether oxygens (including phenoxy) is 2. The second-order valence-electron chi connectivity index (χ2n) is 7.43. The van der Waals surface area contributed by atoms with Crippen molar-refractivity contribution in [3.05, 3.63) is 96.1 Å². The third kappa shape index (κ3) is 3.94. The monoisotopic (exact) mass is 437 g/mol. The van der Waals surface area contributed by atoms with E-state index in [1.807, 2.05) is 48.5 Å². The van der Waals surface area contributed by atoms with E-state index in [2.05, 4.69) is 4.98 Å². The molecule has 162 valence electrons. The molecule has 0 saturated heterocycles. The predicted octanol–water partition coefficient (Wildman–Crippen LogP) is 5.70. The summed E-state index contributed by atoms with van der Waals surface area (Å²) in [5, 5.41) is 1.49. The van der Waals surface area contributed by atoms with Gasteiger partial charge in [0.1, 0.15) is 11.3 Å². The number of rotatable bonds is 6. The number of ketones is 1. The van der Waals surface area contributed by atoms with Crippen LogP contribution in [0.5, 0.6) is 5.75 Å². The molecule has 0 aliphatic heterocycles. The zero-order valence-electron chi connectivity index (χ0n) is 17.8. The molecule has 33 heavy (non-hydrogen) atoms. The van der Waals surface area contributed by atoms with E-state index in [0.29, 0.717) is 39.3 Å². The minimum atomic E-state index is -0.597. The molecule has 4 aromatic carbocycles. The van der Waals surface area contributed by atoms with Crippen molar-refractivity contribution in [1.29, 1.82) is 0 Å². The van der Waals surface area contributed by atoms with Crippen LogP contribution in [0.3, 0.4) is 0 Å². The number of carbonyl (C=O) groups is 2. The van der Waals surface area contributed by atoms with Crippen LogP contribution < -0.4 is 4.74 Å². The van der Waals surface area contributed by atoms with Crippen LogP contribution in [-0.4, -0.2) is 30.5 Å². The quantitative estimate of drug-likeness (QED) is 0.251. The van der Waals surface area contributed by atoms with Gasteiger partial charge in [-0.1, -0.05) is 48.5 Å². The molecule has 0 N–H and O–H groups in total. The number of methoxy groups -OCH3 is 1. The number of hydrogen-bond donors (Lipinski definition) is 0. The van der Waals surface area contributed by atoms with Crippen LogP contribution in [0.2, 0.25) is 0 Å². The summed E-state index contributed by atoms with van der Waals surface area (Å²) in [5.74, 6) is 0.0563. The predicted molar refractivity (Wildman–Crippen MR) is 125 cm³/mol. The SMILES string of the molecule is COc1cccc(C(=O)COC(=O)c2cccc3cccc(-c4nc5ccccc5o4)c23)c1. The number of nitrogens with zero attached hydrogens (tertiary/aromatic N) is 1. The molecule has 5 rings (SSSR count). The van der Waals surface area contributed by atoms with Crippen LogP contribution in [0, 0.1) is 0 Å². The fraction of sp³-hybridized carbons (Fsp3) is 0.0741. The molecule has 1 heterocycles. The van der Waals surface area contributed by atoms with Gasteiger partial charge in [0, 0.05) is 16.5 Å². The highest BCUT2D eigenvalue weighted by atomic mass is 16.5. The Morgan fingerprint density at radius 2 is 1.70 bits per heavy atom. The second-order valence-corrected chi connectivity index (χ2v) is 7.43. The van der Waals surface area contributed by atoms with Gasteiger partial charge < -0.3 is 13.9 Å². The van der Waals surface area contributed by atoms with E-state index in [9.17, 15) is 9.59 Å². The number of carbonyl (C=O) groups excluding carboxylic acids is 2. The van der Waals surface area contributed by atoms with E-state index in [4.69, 9.17) is 13.9 Å². The maximum Gasteiger partial charge on any atom is 0.339 e. The Hall–Kier alpha value is -4.45. The molecule has 0 unspecified atom stereocenters. The first-order chi connectivity index (χ1) is 16.1. The van der Waals surface area contributed by atoms with Crippen LogP contribution in [0.25, 0.3) is 33.3 Å². The Bertz CT molecular complexity index is 1460. The van der Waals surface area contributed by atoms with Gasteiger partial charge in [-0.25, -0.2) is 9.78 Å². The summed E-state index contributed by atoms with van der Waals surface area (Å²) in [6.45, 7) is -0.382. The Balaban J connectivity index is 1.47. The number of fused-ring (bicyclic) bond motifs is 2. The normalized spacial score (nSPS) is 10.9. The topological polar surface area (TPSA) is 78.6 Å². The number of para-hydroxylation sites is 2. The summed E-state index contributed by atoms with van der Waals surface area (Å²) in [6, 6.07) is 25.2. The fourth-order valence-electron chi connectivity index (χ4n) is 3.77. The summed E-state index contributed by atoms with van der Waals surface area (Å²) >= 11 is 0. The smallest absolute Gasteiger partial charge is 0.339 e. The van der Waals surface area contributed by atoms with Gasteiger partial charge >= 0.3 is 5.97 Å². The lowest BCUT2D eigenvalue weighted by Crippen LogP contribution is -2.14. The van der Waals surface area contributed by atoms with Crippen molar-refractivity contribution in [3.63, 3.8) is 0 Å². The van der Waals surface area contributed by atoms with Gasteiger partial charge in [-0.3, -0.25) is 4.79 Å². The van der Waals surface area contributed by atoms with Crippen molar-refractivity contribution in [2.24, 2.45) is 0 Å². The summed E-state index contributed by atoms with van der Waals surface area (Å²) in [7, 11) is 1.53. The van der Waals surface area contributed by atoms with Crippen molar-refractivity contribution in [2.75, 3.05) is 13.7 Å². The van der Waals surface area contributed by atoms with E-state index in [0.717, 1.165) is 10.9 Å². The molecule has 6 nitrogen and oxygen atoms in total. The van der Waals surface area contributed by atoms with E-state index >= 15 is 0 Å². The zero-order chi connectivity index (χ0) is 22.8. The lowest BCUT2D eigenvalue weighted by atomic mass is 9.99. The third-order valence-corrected chi connectivity index (χ3v) is 5.37. The van der Waals surface area contributed by atoms with Crippen molar-refractivity contribution in [3.8, 4) is 17.2 Å². The fourth-order valence-corrected chi connectivity index (χ4v) is 3.77. The number of oxazole rings is 1. The van der Waals surface area contributed by atoms with Crippen molar-refractivity contribution < 1.29 is 23.5 Å². The van der Waals surface area contributed by atoms with E-state index < -0.39 is 5.97 Å². The van der Waals surface area contributed by atoms with Gasteiger partial charge in [0.25, 0.3) is 0 Å². The largest absolute Gasteiger partial charge is 0.497 e. The Morgan fingerprint density at radius 3 is 2.52 bits per heavy atom. The van der Waals surface area contributed by atoms with Gasteiger partial charge in [-0.05, 0) is 41.8 Å². The molecule has 0 bridgehead atoms. The zero-order valence-corrected chi connectivity index (χ0v) is 17.8. The Labute approximate surface area is 189 Å². The number of aromatic nitrogens is 1. The highest BCUT2D eigenvalue weighted by Crippen LogP contribution is 2.33.